The molecule has 2 atom stereocenters. The van der Waals surface area contributed by atoms with Gasteiger partial charge in [0, 0.05) is 6.61 Å². The van der Waals surface area contributed by atoms with Gasteiger partial charge in [-0.3, -0.25) is 4.90 Å². The molecule has 1 aliphatic rings. The summed E-state index contributed by atoms with van der Waals surface area (Å²) in [5.74, 6) is 0. The van der Waals surface area contributed by atoms with E-state index in [0.29, 0.717) is 13.2 Å². The smallest absolute Gasteiger partial charge is 0.412 e. The fraction of sp³-hybridized carbons (Fsp3) is 0.900. The van der Waals surface area contributed by atoms with E-state index in [9.17, 15) is 4.79 Å². The Morgan fingerprint density at radius 1 is 1.57 bits per heavy atom. The van der Waals surface area contributed by atoms with Crippen LogP contribution in [0.2, 0.25) is 0 Å². The second-order valence-electron chi connectivity index (χ2n) is 3.36. The Bertz CT molecular complexity index is 196. The van der Waals surface area contributed by atoms with Gasteiger partial charge in [-0.05, 0) is 19.8 Å². The first-order chi connectivity index (χ1) is 6.74. The molecule has 1 saturated heterocycles. The number of nitrogens with zero attached hydrogens (tertiary/aromatic N) is 1. The molecular weight excluding hydrogens is 182 g/mol. The third-order valence-corrected chi connectivity index (χ3v) is 2.49. The van der Waals surface area contributed by atoms with Crippen LogP contribution < -0.4 is 0 Å². The fourth-order valence-electron chi connectivity index (χ4n) is 1.73. The number of cyclic esters (lactones) is 1. The van der Waals surface area contributed by atoms with Gasteiger partial charge >= 0.3 is 6.09 Å². The van der Waals surface area contributed by atoms with Crippen molar-refractivity contribution in [2.45, 2.75) is 45.9 Å². The summed E-state index contributed by atoms with van der Waals surface area (Å²) in [7, 11) is 0. The maximum Gasteiger partial charge on any atom is 0.412 e. The molecule has 1 fully saturated rings. The Hall–Kier alpha value is -0.770. The lowest BCUT2D eigenvalue weighted by Gasteiger charge is -2.28. The normalized spacial score (nSPS) is 23.8. The minimum Gasteiger partial charge on any atom is -0.447 e. The van der Waals surface area contributed by atoms with Gasteiger partial charge in [-0.2, -0.15) is 0 Å². The molecule has 4 nitrogen and oxygen atoms in total. The van der Waals surface area contributed by atoms with Crippen LogP contribution in [-0.4, -0.2) is 36.5 Å². The van der Waals surface area contributed by atoms with E-state index in [1.54, 1.807) is 4.90 Å². The van der Waals surface area contributed by atoms with E-state index < -0.39 is 0 Å². The monoisotopic (exact) mass is 201 g/mol. The second kappa shape index (κ2) is 5.20. The summed E-state index contributed by atoms with van der Waals surface area (Å²) in [6, 6.07) is 0.180. The lowest BCUT2D eigenvalue weighted by Crippen LogP contribution is -2.43. The van der Waals surface area contributed by atoms with Crippen LogP contribution in [0, 0.1) is 0 Å². The number of hydrogen-bond donors (Lipinski definition) is 0. The van der Waals surface area contributed by atoms with E-state index >= 15 is 0 Å². The minimum absolute atomic E-state index is 0.125. The van der Waals surface area contributed by atoms with E-state index in [0.717, 1.165) is 12.8 Å². The molecule has 0 aliphatic carbocycles. The van der Waals surface area contributed by atoms with Crippen molar-refractivity contribution < 1.29 is 14.3 Å². The quantitative estimate of drug-likeness (QED) is 0.682. The van der Waals surface area contributed by atoms with Crippen molar-refractivity contribution in [3.63, 3.8) is 0 Å². The van der Waals surface area contributed by atoms with Gasteiger partial charge in [-0.15, -0.1) is 0 Å². The van der Waals surface area contributed by atoms with Crippen LogP contribution in [0.15, 0.2) is 0 Å². The molecule has 1 aliphatic heterocycles. The molecule has 0 spiro atoms. The highest BCUT2D eigenvalue weighted by Crippen LogP contribution is 2.20. The number of hydrogen-bond acceptors (Lipinski definition) is 3. The van der Waals surface area contributed by atoms with Crippen molar-refractivity contribution >= 4 is 6.09 Å². The molecule has 0 bridgehead atoms. The van der Waals surface area contributed by atoms with E-state index in [2.05, 4.69) is 6.92 Å². The number of carbonyl (C=O) groups excluding carboxylic acids is 1. The summed E-state index contributed by atoms with van der Waals surface area (Å²) < 4.78 is 10.5. The van der Waals surface area contributed by atoms with Crippen molar-refractivity contribution in [3.8, 4) is 0 Å². The lowest BCUT2D eigenvalue weighted by molar-refractivity contribution is -0.0425. The van der Waals surface area contributed by atoms with Gasteiger partial charge in [-0.25, -0.2) is 4.79 Å². The fourth-order valence-corrected chi connectivity index (χ4v) is 1.73. The van der Waals surface area contributed by atoms with E-state index in [1.165, 1.54) is 0 Å². The van der Waals surface area contributed by atoms with E-state index in [1.807, 2.05) is 13.8 Å². The molecular formula is C10H19NO3. The van der Waals surface area contributed by atoms with Crippen LogP contribution in [0.3, 0.4) is 0 Å². The summed E-state index contributed by atoms with van der Waals surface area (Å²) >= 11 is 0. The average molecular weight is 201 g/mol. The van der Waals surface area contributed by atoms with Crippen LogP contribution in [0.1, 0.15) is 33.6 Å². The highest BCUT2D eigenvalue weighted by molar-refractivity contribution is 5.70. The molecule has 0 radical (unpaired) electrons. The maximum absolute atomic E-state index is 11.4. The lowest BCUT2D eigenvalue weighted by atomic mass is 10.2. The van der Waals surface area contributed by atoms with Gasteiger partial charge < -0.3 is 9.47 Å². The molecule has 1 rings (SSSR count). The van der Waals surface area contributed by atoms with Crippen LogP contribution >= 0.6 is 0 Å². The predicted molar refractivity (Wildman–Crippen MR) is 53.0 cm³/mol. The van der Waals surface area contributed by atoms with Crippen molar-refractivity contribution in [2.24, 2.45) is 0 Å². The minimum atomic E-state index is -0.239. The summed E-state index contributed by atoms with van der Waals surface area (Å²) in [4.78, 5) is 13.2. The Kier molecular flexibility index (Phi) is 4.20. The molecule has 0 aromatic heterocycles. The summed E-state index contributed by atoms with van der Waals surface area (Å²) in [6.07, 6.45) is 1.35. The molecule has 82 valence electrons. The largest absolute Gasteiger partial charge is 0.447 e. The van der Waals surface area contributed by atoms with Crippen molar-refractivity contribution in [3.05, 3.63) is 0 Å². The van der Waals surface area contributed by atoms with Crippen LogP contribution in [-0.2, 0) is 9.47 Å². The molecule has 4 heteroatoms. The summed E-state index contributed by atoms with van der Waals surface area (Å²) in [5, 5.41) is 0. The van der Waals surface area contributed by atoms with Crippen molar-refractivity contribution in [2.75, 3.05) is 13.2 Å². The van der Waals surface area contributed by atoms with Gasteiger partial charge in [0.15, 0.2) is 0 Å². The molecule has 0 aromatic carbocycles. The van der Waals surface area contributed by atoms with Gasteiger partial charge in [0.2, 0.25) is 0 Å². The third kappa shape index (κ3) is 2.18. The highest BCUT2D eigenvalue weighted by Gasteiger charge is 2.36. The van der Waals surface area contributed by atoms with Crippen molar-refractivity contribution in [1.29, 1.82) is 0 Å². The molecule has 1 amide bonds. The molecule has 0 N–H and O–H groups in total. The first-order valence-electron chi connectivity index (χ1n) is 5.31. The Labute approximate surface area is 85.2 Å². The maximum atomic E-state index is 11.4. The van der Waals surface area contributed by atoms with Gasteiger partial charge in [-0.1, -0.05) is 13.8 Å². The SMILES string of the molecule is CCOC(CC)N1C(=O)OC[C@H]1CC. The van der Waals surface area contributed by atoms with Crippen LogP contribution in [0.5, 0.6) is 0 Å². The standard InChI is InChI=1S/C10H19NO3/c1-4-8-7-14-10(12)11(8)9(5-2)13-6-3/h8-9H,4-7H2,1-3H3/t8-,9?/m1/s1. The number of ether oxygens (including phenoxy) is 2. The van der Waals surface area contributed by atoms with E-state index in [-0.39, 0.29) is 18.4 Å². The second-order valence-corrected chi connectivity index (χ2v) is 3.36. The van der Waals surface area contributed by atoms with Gasteiger partial charge in [0.25, 0.3) is 0 Å². The molecule has 1 unspecified atom stereocenters. The van der Waals surface area contributed by atoms with Crippen LogP contribution in [0.4, 0.5) is 4.79 Å². The summed E-state index contributed by atoms with van der Waals surface area (Å²) in [6.45, 7) is 7.12. The zero-order valence-corrected chi connectivity index (χ0v) is 9.16. The molecule has 0 aromatic rings. The van der Waals surface area contributed by atoms with E-state index in [4.69, 9.17) is 9.47 Å². The average Bonchev–Trinajstić information content (AvgIpc) is 2.56. The van der Waals surface area contributed by atoms with Crippen LogP contribution in [0.25, 0.3) is 0 Å². The van der Waals surface area contributed by atoms with Gasteiger partial charge in [0.05, 0.1) is 6.04 Å². The first-order valence-corrected chi connectivity index (χ1v) is 5.31. The molecule has 1 heterocycles. The number of rotatable bonds is 5. The topological polar surface area (TPSA) is 38.8 Å². The molecule has 14 heavy (non-hydrogen) atoms. The number of carbonyl (C=O) groups is 1. The van der Waals surface area contributed by atoms with Crippen molar-refractivity contribution in [1.82, 2.24) is 4.90 Å². The highest BCUT2D eigenvalue weighted by atomic mass is 16.6. The molecule has 0 saturated carbocycles. The first kappa shape index (κ1) is 11.3. The Morgan fingerprint density at radius 3 is 2.79 bits per heavy atom. The van der Waals surface area contributed by atoms with Gasteiger partial charge in [0.1, 0.15) is 12.8 Å². The zero-order valence-electron chi connectivity index (χ0n) is 9.16. The Balaban J connectivity index is 2.65. The zero-order chi connectivity index (χ0) is 10.6. The summed E-state index contributed by atoms with van der Waals surface area (Å²) in [5.41, 5.74) is 0. The Morgan fingerprint density at radius 2 is 2.29 bits per heavy atom. The number of amides is 1. The third-order valence-electron chi connectivity index (χ3n) is 2.49. The predicted octanol–water partition coefficient (Wildman–Crippen LogP) is 1.99.